The third kappa shape index (κ3) is 2.90. The van der Waals surface area contributed by atoms with E-state index in [0.717, 1.165) is 17.2 Å². The van der Waals surface area contributed by atoms with Crippen molar-refractivity contribution in [1.29, 1.82) is 0 Å². The first-order valence-electron chi connectivity index (χ1n) is 5.61. The van der Waals surface area contributed by atoms with E-state index in [1.807, 2.05) is 37.1 Å². The van der Waals surface area contributed by atoms with Crippen molar-refractivity contribution in [1.82, 2.24) is 9.97 Å². The molecule has 0 atom stereocenters. The molecule has 18 heavy (non-hydrogen) atoms. The summed E-state index contributed by atoms with van der Waals surface area (Å²) in [5.74, 6) is 1.61. The third-order valence-corrected chi connectivity index (χ3v) is 3.00. The fourth-order valence-corrected chi connectivity index (χ4v) is 1.89. The highest BCUT2D eigenvalue weighted by atomic mass is 35.5. The molecule has 0 amide bonds. The van der Waals surface area contributed by atoms with Gasteiger partial charge in [0.25, 0.3) is 0 Å². The van der Waals surface area contributed by atoms with E-state index in [1.165, 1.54) is 0 Å². The van der Waals surface area contributed by atoms with Gasteiger partial charge in [-0.3, -0.25) is 0 Å². The Morgan fingerprint density at radius 2 is 2.11 bits per heavy atom. The molecule has 1 aromatic heterocycles. The lowest BCUT2D eigenvalue weighted by molar-refractivity contribution is 0.879. The molecule has 2 N–H and O–H groups in total. The van der Waals surface area contributed by atoms with E-state index in [4.69, 9.17) is 17.3 Å². The minimum atomic E-state index is 0.653. The molecule has 4 nitrogen and oxygen atoms in total. The topological polar surface area (TPSA) is 55.0 Å². The Labute approximate surface area is 111 Å². The number of nitrogen functional groups attached to an aromatic ring is 1. The van der Waals surface area contributed by atoms with Crippen molar-refractivity contribution < 1.29 is 0 Å². The molecule has 2 rings (SSSR count). The van der Waals surface area contributed by atoms with Gasteiger partial charge in [-0.2, -0.15) is 0 Å². The van der Waals surface area contributed by atoms with Crippen molar-refractivity contribution in [3.05, 3.63) is 46.9 Å². The molecule has 1 aromatic carbocycles. The Bertz CT molecular complexity index is 556. The second-order valence-corrected chi connectivity index (χ2v) is 4.58. The van der Waals surface area contributed by atoms with Crippen LogP contribution >= 0.6 is 11.6 Å². The second kappa shape index (κ2) is 5.23. The molecule has 0 spiro atoms. The number of anilines is 2. The van der Waals surface area contributed by atoms with Gasteiger partial charge in [0.1, 0.15) is 11.6 Å². The van der Waals surface area contributed by atoms with Gasteiger partial charge < -0.3 is 10.6 Å². The third-order valence-electron chi connectivity index (χ3n) is 2.63. The van der Waals surface area contributed by atoms with E-state index in [1.54, 1.807) is 12.3 Å². The van der Waals surface area contributed by atoms with Crippen LogP contribution < -0.4 is 10.6 Å². The number of rotatable bonds is 3. The highest BCUT2D eigenvalue weighted by Crippen LogP contribution is 2.21. The van der Waals surface area contributed by atoms with Gasteiger partial charge in [-0.25, -0.2) is 9.97 Å². The van der Waals surface area contributed by atoms with Crippen LogP contribution in [0.2, 0.25) is 5.02 Å². The fourth-order valence-electron chi connectivity index (χ4n) is 1.71. The molecule has 0 fully saturated rings. The average Bonchev–Trinajstić information content (AvgIpc) is 2.34. The van der Waals surface area contributed by atoms with Gasteiger partial charge in [0.2, 0.25) is 0 Å². The van der Waals surface area contributed by atoms with Crippen molar-refractivity contribution >= 4 is 23.1 Å². The monoisotopic (exact) mass is 262 g/mol. The van der Waals surface area contributed by atoms with Crippen LogP contribution in [0.4, 0.5) is 11.5 Å². The molecule has 0 aliphatic heterocycles. The predicted molar refractivity (Wildman–Crippen MR) is 74.7 cm³/mol. The maximum absolute atomic E-state index is 6.14. The van der Waals surface area contributed by atoms with Crippen LogP contribution in [0.1, 0.15) is 11.4 Å². The number of nitrogens with two attached hydrogens (primary N) is 1. The van der Waals surface area contributed by atoms with Gasteiger partial charge in [-0.05, 0) is 36.8 Å². The Hall–Kier alpha value is -1.81. The van der Waals surface area contributed by atoms with Crippen molar-refractivity contribution in [2.75, 3.05) is 17.7 Å². The molecular formula is C13H15ClN4. The molecule has 0 radical (unpaired) electrons. The zero-order chi connectivity index (χ0) is 13.1. The van der Waals surface area contributed by atoms with Gasteiger partial charge in [0.15, 0.2) is 0 Å². The maximum atomic E-state index is 6.14. The first-order chi connectivity index (χ1) is 8.56. The summed E-state index contributed by atoms with van der Waals surface area (Å²) in [7, 11) is 1.96. The number of aromatic nitrogens is 2. The first kappa shape index (κ1) is 12.6. The van der Waals surface area contributed by atoms with Crippen LogP contribution in [0, 0.1) is 6.92 Å². The zero-order valence-electron chi connectivity index (χ0n) is 10.4. The molecule has 2 aromatic rings. The van der Waals surface area contributed by atoms with Crippen LogP contribution in [-0.2, 0) is 6.54 Å². The van der Waals surface area contributed by atoms with Crippen molar-refractivity contribution in [2.45, 2.75) is 13.5 Å². The smallest absolute Gasteiger partial charge is 0.132 e. The summed E-state index contributed by atoms with van der Waals surface area (Å²) in [6.07, 6.45) is 1.75. The molecule has 94 valence electrons. The van der Waals surface area contributed by atoms with Crippen molar-refractivity contribution in [2.24, 2.45) is 0 Å². The molecule has 0 unspecified atom stereocenters. The maximum Gasteiger partial charge on any atom is 0.132 e. The number of benzene rings is 1. The number of hydrogen-bond acceptors (Lipinski definition) is 4. The standard InChI is InChI=1S/C13H15ClN4/c1-9-16-6-5-13(17-9)18(2)8-10-7-11(15)3-4-12(10)14/h3-7H,8,15H2,1-2H3. The molecule has 0 saturated heterocycles. The van der Waals surface area contributed by atoms with Gasteiger partial charge in [-0.1, -0.05) is 11.6 Å². The van der Waals surface area contributed by atoms with E-state index in [0.29, 0.717) is 17.3 Å². The summed E-state index contributed by atoms with van der Waals surface area (Å²) in [5, 5.41) is 0.710. The molecule has 0 saturated carbocycles. The lowest BCUT2D eigenvalue weighted by Crippen LogP contribution is -2.18. The molecule has 0 aliphatic carbocycles. The quantitative estimate of drug-likeness (QED) is 0.864. The Morgan fingerprint density at radius 1 is 1.33 bits per heavy atom. The molecule has 1 heterocycles. The van der Waals surface area contributed by atoms with Crippen LogP contribution in [0.5, 0.6) is 0 Å². The van der Waals surface area contributed by atoms with Crippen LogP contribution in [0.15, 0.2) is 30.5 Å². The first-order valence-corrected chi connectivity index (χ1v) is 5.99. The number of halogens is 1. The van der Waals surface area contributed by atoms with Crippen LogP contribution in [-0.4, -0.2) is 17.0 Å². The SMILES string of the molecule is Cc1nccc(N(C)Cc2cc(N)ccc2Cl)n1. The van der Waals surface area contributed by atoms with E-state index < -0.39 is 0 Å². The van der Waals surface area contributed by atoms with E-state index in [2.05, 4.69) is 9.97 Å². The highest BCUT2D eigenvalue weighted by Gasteiger charge is 2.07. The van der Waals surface area contributed by atoms with E-state index in [9.17, 15) is 0 Å². The van der Waals surface area contributed by atoms with Crippen LogP contribution in [0.3, 0.4) is 0 Å². The van der Waals surface area contributed by atoms with E-state index in [-0.39, 0.29) is 0 Å². The Kier molecular flexibility index (Phi) is 3.67. The molecule has 5 heteroatoms. The number of hydrogen-bond donors (Lipinski definition) is 1. The summed E-state index contributed by atoms with van der Waals surface area (Å²) >= 11 is 6.14. The van der Waals surface area contributed by atoms with Gasteiger partial charge in [-0.15, -0.1) is 0 Å². The summed E-state index contributed by atoms with van der Waals surface area (Å²) in [5.41, 5.74) is 7.45. The Balaban J connectivity index is 2.21. The van der Waals surface area contributed by atoms with E-state index >= 15 is 0 Å². The van der Waals surface area contributed by atoms with Crippen molar-refractivity contribution in [3.63, 3.8) is 0 Å². The van der Waals surface area contributed by atoms with Gasteiger partial charge >= 0.3 is 0 Å². The molecule has 0 aliphatic rings. The lowest BCUT2D eigenvalue weighted by Gasteiger charge is -2.19. The average molecular weight is 263 g/mol. The summed E-state index contributed by atoms with van der Waals surface area (Å²) < 4.78 is 0. The predicted octanol–water partition coefficient (Wildman–Crippen LogP) is 2.66. The molecular weight excluding hydrogens is 248 g/mol. The summed E-state index contributed by atoms with van der Waals surface area (Å²) in [6, 6.07) is 7.35. The lowest BCUT2D eigenvalue weighted by atomic mass is 10.2. The minimum absolute atomic E-state index is 0.653. The minimum Gasteiger partial charge on any atom is -0.399 e. The van der Waals surface area contributed by atoms with Crippen molar-refractivity contribution in [3.8, 4) is 0 Å². The zero-order valence-corrected chi connectivity index (χ0v) is 11.1. The highest BCUT2D eigenvalue weighted by molar-refractivity contribution is 6.31. The largest absolute Gasteiger partial charge is 0.399 e. The number of aryl methyl sites for hydroxylation is 1. The fraction of sp³-hybridized carbons (Fsp3) is 0.231. The van der Waals surface area contributed by atoms with Crippen LogP contribution in [0.25, 0.3) is 0 Å². The summed E-state index contributed by atoms with van der Waals surface area (Å²) in [6.45, 7) is 2.52. The van der Waals surface area contributed by atoms with Gasteiger partial charge in [0.05, 0.1) is 0 Å². The second-order valence-electron chi connectivity index (χ2n) is 4.17. The Morgan fingerprint density at radius 3 is 2.83 bits per heavy atom. The summed E-state index contributed by atoms with van der Waals surface area (Å²) in [4.78, 5) is 10.4. The normalized spacial score (nSPS) is 10.4. The number of nitrogens with zero attached hydrogens (tertiary/aromatic N) is 3. The molecule has 0 bridgehead atoms. The van der Waals surface area contributed by atoms with Gasteiger partial charge in [0, 0.05) is 30.5 Å².